The summed E-state index contributed by atoms with van der Waals surface area (Å²) in [5, 5.41) is 4.02. The number of nitrogens with zero attached hydrogens (tertiary/aromatic N) is 2. The van der Waals surface area contributed by atoms with Crippen molar-refractivity contribution in [2.75, 3.05) is 0 Å². The van der Waals surface area contributed by atoms with Gasteiger partial charge in [0.05, 0.1) is 11.2 Å². The molecule has 2 rings (SSSR count). The number of rotatable bonds is 1. The van der Waals surface area contributed by atoms with Crippen LogP contribution in [0.4, 0.5) is 4.79 Å². The molecule has 1 aliphatic rings. The fourth-order valence-corrected chi connectivity index (χ4v) is 1.85. The van der Waals surface area contributed by atoms with Crippen LogP contribution in [0.1, 0.15) is 76.2 Å². The lowest BCUT2D eigenvalue weighted by atomic mass is 9.82. The minimum atomic E-state index is -0.562. The fourth-order valence-electron chi connectivity index (χ4n) is 1.85. The smallest absolute Gasteiger partial charge is 0.442 e. The summed E-state index contributed by atoms with van der Waals surface area (Å²) in [5.74, 6) is 0. The average molecular weight is 354 g/mol. The first kappa shape index (κ1) is 23.7. The lowest BCUT2D eigenvalue weighted by Gasteiger charge is -2.32. The van der Waals surface area contributed by atoms with Crippen molar-refractivity contribution in [3.63, 3.8) is 0 Å². The Bertz CT molecular complexity index is 532. The minimum Gasteiger partial charge on any atom is -0.442 e. The molecule has 25 heavy (non-hydrogen) atoms. The van der Waals surface area contributed by atoms with Gasteiger partial charge in [0.15, 0.2) is 0 Å². The molecule has 0 radical (unpaired) electrons. The first-order valence-electron chi connectivity index (χ1n) is 9.05. The summed E-state index contributed by atoms with van der Waals surface area (Å²) in [7, 11) is -0.536. The third-order valence-electron chi connectivity index (χ3n) is 3.71. The SMILES string of the molecule is CC.CC.CC(C)(C)OC(=O)n1cc(B2OC(C)(C)C(C)(C)O2)cn1. The van der Waals surface area contributed by atoms with E-state index >= 15 is 0 Å². The van der Waals surface area contributed by atoms with Crippen molar-refractivity contribution < 1.29 is 18.8 Å². The van der Waals surface area contributed by atoms with Gasteiger partial charge in [-0.1, -0.05) is 27.7 Å². The predicted octanol–water partition coefficient (Wildman–Crippen LogP) is 4.02. The molecule has 0 aromatic carbocycles. The van der Waals surface area contributed by atoms with Gasteiger partial charge in [-0.25, -0.2) is 4.79 Å². The third kappa shape index (κ3) is 6.15. The van der Waals surface area contributed by atoms with E-state index in [9.17, 15) is 4.79 Å². The van der Waals surface area contributed by atoms with E-state index in [0.29, 0.717) is 5.46 Å². The highest BCUT2D eigenvalue weighted by Crippen LogP contribution is 2.36. The van der Waals surface area contributed by atoms with Crippen LogP contribution in [0.3, 0.4) is 0 Å². The lowest BCUT2D eigenvalue weighted by molar-refractivity contribution is 0.00578. The van der Waals surface area contributed by atoms with Gasteiger partial charge in [0, 0.05) is 17.9 Å². The van der Waals surface area contributed by atoms with Gasteiger partial charge in [-0.15, -0.1) is 0 Å². The van der Waals surface area contributed by atoms with Crippen LogP contribution in [0, 0.1) is 0 Å². The van der Waals surface area contributed by atoms with Crippen LogP contribution < -0.4 is 5.46 Å². The second-order valence-corrected chi connectivity index (χ2v) is 7.29. The molecule has 1 aromatic rings. The van der Waals surface area contributed by atoms with Crippen molar-refractivity contribution in [1.82, 2.24) is 9.78 Å². The topological polar surface area (TPSA) is 62.6 Å². The molecule has 1 fully saturated rings. The standard InChI is InChI=1S/C14H23BN2O4.2C2H6/c1-12(2,3)19-11(18)17-9-10(8-16-17)15-20-13(4,5)14(6,7)21-15;2*1-2/h8-9H,1-7H3;2*1-2H3. The van der Waals surface area contributed by atoms with Crippen molar-refractivity contribution in [2.24, 2.45) is 0 Å². The van der Waals surface area contributed by atoms with Gasteiger partial charge in [0.25, 0.3) is 0 Å². The van der Waals surface area contributed by atoms with E-state index in [0.717, 1.165) is 4.68 Å². The number of hydrogen-bond donors (Lipinski definition) is 0. The van der Waals surface area contributed by atoms with E-state index in [4.69, 9.17) is 14.0 Å². The summed E-state index contributed by atoms with van der Waals surface area (Å²) >= 11 is 0. The molecule has 0 bridgehead atoms. The van der Waals surface area contributed by atoms with Gasteiger partial charge in [-0.05, 0) is 48.5 Å². The highest BCUT2D eigenvalue weighted by molar-refractivity contribution is 6.62. The van der Waals surface area contributed by atoms with Crippen LogP contribution in [0.15, 0.2) is 12.4 Å². The van der Waals surface area contributed by atoms with Crippen LogP contribution in [-0.2, 0) is 14.0 Å². The second-order valence-electron chi connectivity index (χ2n) is 7.29. The maximum atomic E-state index is 11.9. The quantitative estimate of drug-likeness (QED) is 0.713. The average Bonchev–Trinajstić information content (AvgIpc) is 3.05. The maximum Gasteiger partial charge on any atom is 0.498 e. The van der Waals surface area contributed by atoms with Crippen molar-refractivity contribution in [3.8, 4) is 0 Å². The lowest BCUT2D eigenvalue weighted by Crippen LogP contribution is -2.41. The van der Waals surface area contributed by atoms with E-state index in [1.54, 1.807) is 12.4 Å². The molecule has 1 aliphatic heterocycles. The molecule has 1 aromatic heterocycles. The van der Waals surface area contributed by atoms with E-state index in [1.807, 2.05) is 76.2 Å². The Hall–Kier alpha value is -1.34. The Kier molecular flexibility index (Phi) is 8.38. The van der Waals surface area contributed by atoms with Gasteiger partial charge < -0.3 is 14.0 Å². The monoisotopic (exact) mass is 354 g/mol. The zero-order valence-corrected chi connectivity index (χ0v) is 17.8. The second kappa shape index (κ2) is 8.85. The zero-order chi connectivity index (χ0) is 20.1. The van der Waals surface area contributed by atoms with Gasteiger partial charge >= 0.3 is 13.2 Å². The Morgan fingerprint density at radius 1 is 1.08 bits per heavy atom. The molecule has 0 N–H and O–H groups in total. The van der Waals surface area contributed by atoms with E-state index in [-0.39, 0.29) is 0 Å². The molecule has 2 heterocycles. The Labute approximate surface area is 153 Å². The molecule has 0 unspecified atom stereocenters. The molecule has 0 spiro atoms. The van der Waals surface area contributed by atoms with Crippen LogP contribution in [-0.4, -0.2) is 39.8 Å². The highest BCUT2D eigenvalue weighted by Gasteiger charge is 2.52. The molecule has 1 saturated heterocycles. The molecule has 0 saturated carbocycles. The van der Waals surface area contributed by atoms with Crippen LogP contribution in [0.2, 0.25) is 0 Å². The molecular formula is C18H35BN2O4. The van der Waals surface area contributed by atoms with Crippen molar-refractivity contribution in [3.05, 3.63) is 12.4 Å². The molecule has 7 heteroatoms. The molecule has 0 amide bonds. The van der Waals surface area contributed by atoms with Crippen molar-refractivity contribution in [2.45, 2.75) is 93.0 Å². The maximum absolute atomic E-state index is 11.9. The first-order chi connectivity index (χ1) is 11.4. The first-order valence-corrected chi connectivity index (χ1v) is 9.05. The predicted molar refractivity (Wildman–Crippen MR) is 102 cm³/mol. The summed E-state index contributed by atoms with van der Waals surface area (Å²) in [5.41, 5.74) is -0.718. The minimum absolute atomic E-state index is 0.425. The summed E-state index contributed by atoms with van der Waals surface area (Å²) < 4.78 is 18.3. The zero-order valence-electron chi connectivity index (χ0n) is 17.8. The summed E-state index contributed by atoms with van der Waals surface area (Å²) in [6, 6.07) is 0. The van der Waals surface area contributed by atoms with E-state index in [2.05, 4.69) is 5.10 Å². The summed E-state index contributed by atoms with van der Waals surface area (Å²) in [4.78, 5) is 11.9. The highest BCUT2D eigenvalue weighted by atomic mass is 16.7. The van der Waals surface area contributed by atoms with E-state index < -0.39 is 30.0 Å². The number of ether oxygens (including phenoxy) is 1. The summed E-state index contributed by atoms with van der Waals surface area (Å²) in [6.45, 7) is 21.3. The third-order valence-corrected chi connectivity index (χ3v) is 3.71. The largest absolute Gasteiger partial charge is 0.498 e. The molecule has 6 nitrogen and oxygen atoms in total. The van der Waals surface area contributed by atoms with Gasteiger partial charge in [0.1, 0.15) is 5.60 Å². The number of hydrogen-bond acceptors (Lipinski definition) is 5. The van der Waals surface area contributed by atoms with Gasteiger partial charge in [-0.2, -0.15) is 9.78 Å². The molecule has 0 aliphatic carbocycles. The van der Waals surface area contributed by atoms with Crippen LogP contribution in [0.5, 0.6) is 0 Å². The van der Waals surface area contributed by atoms with Gasteiger partial charge in [-0.3, -0.25) is 0 Å². The number of carbonyl (C=O) groups excluding carboxylic acids is 1. The van der Waals surface area contributed by atoms with Crippen LogP contribution >= 0.6 is 0 Å². The molecule has 0 atom stereocenters. The summed E-state index contributed by atoms with van der Waals surface area (Å²) in [6.07, 6.45) is 2.62. The van der Waals surface area contributed by atoms with Crippen LogP contribution in [0.25, 0.3) is 0 Å². The molecule has 144 valence electrons. The van der Waals surface area contributed by atoms with Crippen molar-refractivity contribution >= 4 is 18.7 Å². The van der Waals surface area contributed by atoms with Gasteiger partial charge in [0.2, 0.25) is 0 Å². The number of carbonyl (C=O) groups is 1. The molecular weight excluding hydrogens is 319 g/mol. The Balaban J connectivity index is 0.00000134. The number of aromatic nitrogens is 2. The Morgan fingerprint density at radius 3 is 1.92 bits per heavy atom. The fraction of sp³-hybridized carbons (Fsp3) is 0.778. The van der Waals surface area contributed by atoms with Crippen molar-refractivity contribution in [1.29, 1.82) is 0 Å². The Morgan fingerprint density at radius 2 is 1.52 bits per heavy atom. The van der Waals surface area contributed by atoms with E-state index in [1.165, 1.54) is 0 Å². The normalized spacial score (nSPS) is 17.8.